The average Bonchev–Trinajstić information content (AvgIpc) is 3.13. The summed E-state index contributed by atoms with van der Waals surface area (Å²) in [6.07, 6.45) is 2.00. The number of likely N-dealkylation sites (N-methyl/N-ethyl adjacent to an activating group) is 1. The van der Waals surface area contributed by atoms with Crippen LogP contribution in [0.5, 0.6) is 0 Å². The van der Waals surface area contributed by atoms with Crippen LogP contribution in [-0.4, -0.2) is 47.7 Å². The van der Waals surface area contributed by atoms with E-state index in [0.29, 0.717) is 19.0 Å². The van der Waals surface area contributed by atoms with E-state index in [-0.39, 0.29) is 30.6 Å². The highest BCUT2D eigenvalue weighted by Gasteiger charge is 2.53. The number of hydrogen-bond acceptors (Lipinski definition) is 3. The lowest BCUT2D eigenvalue weighted by Gasteiger charge is -2.35. The lowest BCUT2D eigenvalue weighted by molar-refractivity contribution is -0.141. The van der Waals surface area contributed by atoms with Crippen molar-refractivity contribution < 1.29 is 14.4 Å². The average molecular weight is 467 g/mol. The number of hydrogen-bond donors (Lipinski definition) is 0. The molecule has 2 atom stereocenters. The summed E-state index contributed by atoms with van der Waals surface area (Å²) in [7, 11) is 1.52. The third kappa shape index (κ3) is 4.39. The highest BCUT2D eigenvalue weighted by molar-refractivity contribution is 6.10. The molecule has 3 aromatic carbocycles. The Morgan fingerprint density at radius 1 is 0.886 bits per heavy atom. The van der Waals surface area contributed by atoms with Gasteiger partial charge >= 0.3 is 0 Å². The molecule has 2 aliphatic rings. The zero-order valence-corrected chi connectivity index (χ0v) is 20.0. The number of benzene rings is 3. The zero-order chi connectivity index (χ0) is 24.4. The number of nitrogens with zero attached hydrogens (tertiary/aromatic N) is 2. The monoisotopic (exact) mass is 466 g/mol. The van der Waals surface area contributed by atoms with Crippen molar-refractivity contribution in [2.45, 2.75) is 37.0 Å². The maximum Gasteiger partial charge on any atom is 0.240 e. The van der Waals surface area contributed by atoms with Crippen LogP contribution in [-0.2, 0) is 19.8 Å². The largest absolute Gasteiger partial charge is 0.342 e. The lowest BCUT2D eigenvalue weighted by Crippen LogP contribution is -2.45. The number of amides is 3. The molecule has 2 fully saturated rings. The summed E-state index contributed by atoms with van der Waals surface area (Å²) in [4.78, 5) is 42.7. The van der Waals surface area contributed by atoms with Gasteiger partial charge in [-0.1, -0.05) is 84.9 Å². The molecule has 3 aromatic rings. The quantitative estimate of drug-likeness (QED) is 0.509. The van der Waals surface area contributed by atoms with Gasteiger partial charge in [0.2, 0.25) is 17.7 Å². The predicted octanol–water partition coefficient (Wildman–Crippen LogP) is 4.78. The summed E-state index contributed by atoms with van der Waals surface area (Å²) in [6, 6.07) is 28.1. The van der Waals surface area contributed by atoms with Crippen LogP contribution in [0.4, 0.5) is 0 Å². The van der Waals surface area contributed by atoms with Crippen molar-refractivity contribution >= 4 is 17.7 Å². The minimum absolute atomic E-state index is 0.00804. The number of imide groups is 1. The van der Waals surface area contributed by atoms with Crippen LogP contribution in [0, 0.1) is 0 Å². The molecule has 3 amide bonds. The second-order valence-electron chi connectivity index (χ2n) is 9.73. The van der Waals surface area contributed by atoms with Gasteiger partial charge in [0, 0.05) is 38.9 Å². The van der Waals surface area contributed by atoms with E-state index in [1.807, 2.05) is 77.7 Å². The van der Waals surface area contributed by atoms with Crippen LogP contribution in [0.25, 0.3) is 11.1 Å². The molecule has 0 aromatic heterocycles. The van der Waals surface area contributed by atoms with E-state index in [1.54, 1.807) is 0 Å². The van der Waals surface area contributed by atoms with Gasteiger partial charge in [0.1, 0.15) is 0 Å². The third-order valence-electron chi connectivity index (χ3n) is 7.58. The van der Waals surface area contributed by atoms with Gasteiger partial charge in [-0.15, -0.1) is 0 Å². The van der Waals surface area contributed by atoms with Crippen LogP contribution in [0.3, 0.4) is 0 Å². The summed E-state index contributed by atoms with van der Waals surface area (Å²) < 4.78 is 0. The summed E-state index contributed by atoms with van der Waals surface area (Å²) in [5, 5.41) is 0. The van der Waals surface area contributed by atoms with E-state index in [0.717, 1.165) is 29.5 Å². The molecule has 5 nitrogen and oxygen atoms in total. The summed E-state index contributed by atoms with van der Waals surface area (Å²) in [5.41, 5.74) is 2.92. The van der Waals surface area contributed by atoms with E-state index < -0.39 is 5.41 Å². The molecule has 0 N–H and O–H groups in total. The highest BCUT2D eigenvalue weighted by Crippen LogP contribution is 2.41. The maximum atomic E-state index is 13.6. The minimum atomic E-state index is -1.15. The Morgan fingerprint density at radius 3 is 2.14 bits per heavy atom. The molecule has 0 spiro atoms. The predicted molar refractivity (Wildman–Crippen MR) is 136 cm³/mol. The van der Waals surface area contributed by atoms with Gasteiger partial charge in [-0.2, -0.15) is 0 Å². The van der Waals surface area contributed by atoms with Gasteiger partial charge in [0.05, 0.1) is 5.41 Å². The molecule has 2 heterocycles. The zero-order valence-electron chi connectivity index (χ0n) is 20.0. The number of carbonyl (C=O) groups is 3. The van der Waals surface area contributed by atoms with Crippen LogP contribution in [0.2, 0.25) is 0 Å². The summed E-state index contributed by atoms with van der Waals surface area (Å²) in [5.74, 6) is -0.302. The molecular formula is C30H30N2O3. The van der Waals surface area contributed by atoms with Gasteiger partial charge in [-0.3, -0.25) is 19.3 Å². The number of rotatable bonds is 5. The second-order valence-corrected chi connectivity index (χ2v) is 9.73. The molecule has 0 saturated carbocycles. The molecule has 2 aliphatic heterocycles. The van der Waals surface area contributed by atoms with Gasteiger partial charge in [0.25, 0.3) is 0 Å². The van der Waals surface area contributed by atoms with Crippen molar-refractivity contribution in [1.29, 1.82) is 0 Å². The normalized spacial score (nSPS) is 22.5. The Hall–Kier alpha value is -3.73. The molecule has 0 aliphatic carbocycles. The molecule has 5 rings (SSSR count). The maximum absolute atomic E-state index is 13.6. The van der Waals surface area contributed by atoms with E-state index >= 15 is 0 Å². The van der Waals surface area contributed by atoms with Crippen LogP contribution in [0.1, 0.15) is 42.7 Å². The van der Waals surface area contributed by atoms with Crippen LogP contribution in [0.15, 0.2) is 84.9 Å². The first kappa shape index (κ1) is 23.0. The van der Waals surface area contributed by atoms with Crippen molar-refractivity contribution in [3.8, 4) is 11.1 Å². The standard InChI is InChI=1S/C30H30N2O3/c1-31-27(33)19-30(29(31)35,26-16-14-24(15-17-26)22-9-4-2-5-10-22)20-28(34)32-18-8-13-25(21-32)23-11-6-3-7-12-23/h2-7,9-12,14-17,25H,8,13,18-21H2,1H3/t25-,30-/m1/s1. The first-order valence-corrected chi connectivity index (χ1v) is 12.3. The lowest BCUT2D eigenvalue weighted by atomic mass is 9.75. The molecule has 35 heavy (non-hydrogen) atoms. The molecule has 0 bridgehead atoms. The molecule has 178 valence electrons. The van der Waals surface area contributed by atoms with Gasteiger partial charge in [-0.25, -0.2) is 0 Å². The molecule has 5 heteroatoms. The summed E-state index contributed by atoms with van der Waals surface area (Å²) >= 11 is 0. The number of likely N-dealkylation sites (tertiary alicyclic amines) is 2. The summed E-state index contributed by atoms with van der Waals surface area (Å²) in [6.45, 7) is 1.33. The Balaban J connectivity index is 1.41. The first-order valence-electron chi connectivity index (χ1n) is 12.3. The van der Waals surface area contributed by atoms with Crippen LogP contribution < -0.4 is 0 Å². The van der Waals surface area contributed by atoms with E-state index in [9.17, 15) is 14.4 Å². The van der Waals surface area contributed by atoms with Crippen molar-refractivity contribution in [2.75, 3.05) is 20.1 Å². The molecule has 0 unspecified atom stereocenters. The molecule has 0 radical (unpaired) electrons. The molecular weight excluding hydrogens is 436 g/mol. The van der Waals surface area contributed by atoms with E-state index in [1.165, 1.54) is 17.5 Å². The van der Waals surface area contributed by atoms with Crippen molar-refractivity contribution in [3.05, 3.63) is 96.1 Å². The van der Waals surface area contributed by atoms with Crippen molar-refractivity contribution in [2.24, 2.45) is 0 Å². The topological polar surface area (TPSA) is 57.7 Å². The highest BCUT2D eigenvalue weighted by atomic mass is 16.2. The fraction of sp³-hybridized carbons (Fsp3) is 0.300. The number of piperidine rings is 1. The first-order chi connectivity index (χ1) is 17.0. The Bertz CT molecular complexity index is 1220. The fourth-order valence-electron chi connectivity index (χ4n) is 5.54. The van der Waals surface area contributed by atoms with Crippen LogP contribution >= 0.6 is 0 Å². The third-order valence-corrected chi connectivity index (χ3v) is 7.58. The Kier molecular flexibility index (Phi) is 6.25. The smallest absolute Gasteiger partial charge is 0.240 e. The molecule has 2 saturated heterocycles. The Labute approximate surface area is 206 Å². The fourth-order valence-corrected chi connectivity index (χ4v) is 5.54. The van der Waals surface area contributed by atoms with Crippen molar-refractivity contribution in [1.82, 2.24) is 9.80 Å². The van der Waals surface area contributed by atoms with E-state index in [2.05, 4.69) is 12.1 Å². The Morgan fingerprint density at radius 2 is 1.51 bits per heavy atom. The SMILES string of the molecule is CN1C(=O)C[C@@](CC(=O)N2CCC[C@@H](c3ccccc3)C2)(c2ccc(-c3ccccc3)cc2)C1=O. The minimum Gasteiger partial charge on any atom is -0.342 e. The van der Waals surface area contributed by atoms with E-state index in [4.69, 9.17) is 0 Å². The van der Waals surface area contributed by atoms with Gasteiger partial charge < -0.3 is 4.90 Å². The second kappa shape index (κ2) is 9.49. The van der Waals surface area contributed by atoms with Gasteiger partial charge in [-0.05, 0) is 35.1 Å². The van der Waals surface area contributed by atoms with Crippen molar-refractivity contribution in [3.63, 3.8) is 0 Å². The number of carbonyl (C=O) groups excluding carboxylic acids is 3. The van der Waals surface area contributed by atoms with Gasteiger partial charge in [0.15, 0.2) is 0 Å².